The topological polar surface area (TPSA) is 17.1 Å². The van der Waals surface area contributed by atoms with Gasteiger partial charge in [0.15, 0.2) is 0 Å². The summed E-state index contributed by atoms with van der Waals surface area (Å²) in [5, 5.41) is 0. The maximum atomic E-state index is 12.4. The van der Waals surface area contributed by atoms with E-state index in [1.54, 1.807) is 0 Å². The van der Waals surface area contributed by atoms with Crippen LogP contribution in [-0.4, -0.2) is 5.78 Å². The molecule has 0 bridgehead atoms. The summed E-state index contributed by atoms with van der Waals surface area (Å²) < 4.78 is 0. The molecule has 0 radical (unpaired) electrons. The lowest BCUT2D eigenvalue weighted by molar-refractivity contribution is -0.122. The van der Waals surface area contributed by atoms with Gasteiger partial charge in [-0.2, -0.15) is 0 Å². The Hall–Kier alpha value is -0.330. The van der Waals surface area contributed by atoms with E-state index in [2.05, 4.69) is 20.8 Å². The summed E-state index contributed by atoms with van der Waals surface area (Å²) in [6.45, 7) is 6.76. The van der Waals surface area contributed by atoms with Crippen molar-refractivity contribution in [3.05, 3.63) is 0 Å². The normalized spacial score (nSPS) is 12.3. The van der Waals surface area contributed by atoms with Gasteiger partial charge in [-0.15, -0.1) is 0 Å². The molecule has 0 aliphatic rings. The fourth-order valence-electron chi connectivity index (χ4n) is 5.37. The molecule has 0 saturated heterocycles. The molecule has 0 N–H and O–H groups in total. The Labute approximate surface area is 223 Å². The molecule has 0 aliphatic heterocycles. The first-order valence-corrected chi connectivity index (χ1v) is 16.7. The molecule has 1 atom stereocenters. The lowest BCUT2D eigenvalue weighted by Crippen LogP contribution is -2.10. The molecule has 0 aromatic carbocycles. The van der Waals surface area contributed by atoms with E-state index in [9.17, 15) is 4.79 Å². The summed E-state index contributed by atoms with van der Waals surface area (Å²) in [6.07, 6.45) is 39.5. The Morgan fingerprint density at radius 3 is 0.971 bits per heavy atom. The first-order valence-electron chi connectivity index (χ1n) is 16.7. The van der Waals surface area contributed by atoms with Gasteiger partial charge in [-0.1, -0.05) is 188 Å². The van der Waals surface area contributed by atoms with Crippen molar-refractivity contribution in [2.45, 2.75) is 207 Å². The number of hydrogen-bond acceptors (Lipinski definition) is 1. The van der Waals surface area contributed by atoms with Crippen LogP contribution in [0.15, 0.2) is 0 Å². The number of rotatable bonds is 30. The molecule has 1 nitrogen and oxygen atoms in total. The van der Waals surface area contributed by atoms with E-state index in [0.717, 1.165) is 19.3 Å². The van der Waals surface area contributed by atoms with Gasteiger partial charge in [0.25, 0.3) is 0 Å². The third kappa shape index (κ3) is 28.1. The zero-order valence-corrected chi connectivity index (χ0v) is 25.0. The van der Waals surface area contributed by atoms with Gasteiger partial charge in [0, 0.05) is 12.3 Å². The summed E-state index contributed by atoms with van der Waals surface area (Å²) in [4.78, 5) is 12.4. The van der Waals surface area contributed by atoms with Gasteiger partial charge < -0.3 is 0 Å². The molecule has 210 valence electrons. The van der Waals surface area contributed by atoms with Crippen LogP contribution in [0.25, 0.3) is 0 Å². The monoisotopic (exact) mass is 493 g/mol. The highest BCUT2D eigenvalue weighted by atomic mass is 16.1. The molecule has 0 aromatic heterocycles. The molecular formula is C34H68O. The summed E-state index contributed by atoms with van der Waals surface area (Å²) in [6, 6.07) is 0. The molecule has 0 fully saturated rings. The van der Waals surface area contributed by atoms with Crippen molar-refractivity contribution in [1.29, 1.82) is 0 Å². The molecule has 0 amide bonds. The fraction of sp³-hybridized carbons (Fsp3) is 0.971. The van der Waals surface area contributed by atoms with E-state index in [-0.39, 0.29) is 0 Å². The van der Waals surface area contributed by atoms with Crippen LogP contribution in [0.5, 0.6) is 0 Å². The van der Waals surface area contributed by atoms with Crippen LogP contribution in [-0.2, 0) is 4.79 Å². The largest absolute Gasteiger partial charge is 0.299 e. The van der Waals surface area contributed by atoms with E-state index >= 15 is 0 Å². The summed E-state index contributed by atoms with van der Waals surface area (Å²) >= 11 is 0. The van der Waals surface area contributed by atoms with Crippen LogP contribution < -0.4 is 0 Å². The number of Topliss-reactive ketones (excluding diaryl/α,β-unsaturated/α-hetero) is 1. The number of ketones is 1. The van der Waals surface area contributed by atoms with Gasteiger partial charge in [-0.25, -0.2) is 0 Å². The Morgan fingerprint density at radius 1 is 0.400 bits per heavy atom. The van der Waals surface area contributed by atoms with Crippen LogP contribution in [0.1, 0.15) is 207 Å². The summed E-state index contributed by atoms with van der Waals surface area (Å²) in [7, 11) is 0. The van der Waals surface area contributed by atoms with Crippen LogP contribution in [0.4, 0.5) is 0 Å². The second kappa shape index (κ2) is 29.9. The fourth-order valence-corrected chi connectivity index (χ4v) is 5.37. The maximum absolute atomic E-state index is 12.4. The number of carbonyl (C=O) groups is 1. The zero-order chi connectivity index (χ0) is 25.7. The quantitative estimate of drug-likeness (QED) is 0.0911. The Morgan fingerprint density at radius 2 is 0.657 bits per heavy atom. The minimum atomic E-state index is 0.296. The summed E-state index contributed by atoms with van der Waals surface area (Å²) in [5.74, 6) is 0.826. The highest BCUT2D eigenvalue weighted by Crippen LogP contribution is 2.18. The second-order valence-electron chi connectivity index (χ2n) is 11.7. The Kier molecular flexibility index (Phi) is 29.6. The predicted octanol–water partition coefficient (Wildman–Crippen LogP) is 12.5. The molecule has 0 rings (SSSR count). The first-order chi connectivity index (χ1) is 17.2. The van der Waals surface area contributed by atoms with Crippen LogP contribution in [0.2, 0.25) is 0 Å². The number of carbonyl (C=O) groups excluding carboxylic acids is 1. The number of hydrogen-bond donors (Lipinski definition) is 0. The van der Waals surface area contributed by atoms with Gasteiger partial charge in [-0.05, 0) is 12.8 Å². The van der Waals surface area contributed by atoms with Crippen LogP contribution in [0, 0.1) is 5.92 Å². The molecule has 35 heavy (non-hydrogen) atoms. The van der Waals surface area contributed by atoms with Crippen molar-refractivity contribution < 1.29 is 4.79 Å². The molecule has 1 unspecified atom stereocenters. The van der Waals surface area contributed by atoms with Crippen molar-refractivity contribution in [2.75, 3.05) is 0 Å². The number of unbranched alkanes of at least 4 members (excludes halogenated alkanes) is 25. The first kappa shape index (κ1) is 34.7. The average Bonchev–Trinajstić information content (AvgIpc) is 2.86. The van der Waals surface area contributed by atoms with Gasteiger partial charge in [0.1, 0.15) is 5.78 Å². The minimum absolute atomic E-state index is 0.296. The molecule has 0 aliphatic carbocycles. The highest BCUT2D eigenvalue weighted by Gasteiger charge is 2.11. The molecule has 0 aromatic rings. The van der Waals surface area contributed by atoms with Crippen LogP contribution >= 0.6 is 0 Å². The van der Waals surface area contributed by atoms with E-state index in [1.807, 2.05) is 0 Å². The van der Waals surface area contributed by atoms with Gasteiger partial charge >= 0.3 is 0 Å². The highest BCUT2D eigenvalue weighted by molar-refractivity contribution is 5.80. The molecule has 1 heteroatoms. The summed E-state index contributed by atoms with van der Waals surface area (Å²) in [5.41, 5.74) is 0. The van der Waals surface area contributed by atoms with E-state index < -0.39 is 0 Å². The van der Waals surface area contributed by atoms with Crippen molar-refractivity contribution >= 4 is 5.78 Å². The van der Waals surface area contributed by atoms with Gasteiger partial charge in [0.2, 0.25) is 0 Å². The van der Waals surface area contributed by atoms with Crippen LogP contribution in [0.3, 0.4) is 0 Å². The smallest absolute Gasteiger partial charge is 0.135 e. The molecular weight excluding hydrogens is 424 g/mol. The molecule has 0 heterocycles. The van der Waals surface area contributed by atoms with E-state index in [0.29, 0.717) is 11.7 Å². The lowest BCUT2D eigenvalue weighted by Gasteiger charge is -2.10. The van der Waals surface area contributed by atoms with Crippen molar-refractivity contribution in [3.63, 3.8) is 0 Å². The average molecular weight is 493 g/mol. The standard InChI is InChI=1S/C34H68O/c1-4-6-8-10-12-14-16-18-20-21-23-25-27-29-31-33(3)34(35)32-30-28-26-24-22-19-17-15-13-11-9-7-5-2/h33H,4-32H2,1-3H3. The molecule has 0 saturated carbocycles. The van der Waals surface area contributed by atoms with Crippen molar-refractivity contribution in [1.82, 2.24) is 0 Å². The predicted molar refractivity (Wildman–Crippen MR) is 159 cm³/mol. The van der Waals surface area contributed by atoms with Crippen molar-refractivity contribution in [3.8, 4) is 0 Å². The van der Waals surface area contributed by atoms with E-state index in [4.69, 9.17) is 0 Å². The lowest BCUT2D eigenvalue weighted by atomic mass is 9.94. The Bertz CT molecular complexity index is 401. The molecule has 0 spiro atoms. The van der Waals surface area contributed by atoms with Gasteiger partial charge in [0.05, 0.1) is 0 Å². The third-order valence-corrected chi connectivity index (χ3v) is 8.07. The zero-order valence-electron chi connectivity index (χ0n) is 25.0. The third-order valence-electron chi connectivity index (χ3n) is 8.07. The maximum Gasteiger partial charge on any atom is 0.135 e. The minimum Gasteiger partial charge on any atom is -0.299 e. The van der Waals surface area contributed by atoms with Crippen molar-refractivity contribution in [2.24, 2.45) is 5.92 Å². The SMILES string of the molecule is CCCCCCCCCCCCCCCCC(C)C(=O)CCCCCCCCCCCCCCC. The second-order valence-corrected chi connectivity index (χ2v) is 11.7. The van der Waals surface area contributed by atoms with E-state index in [1.165, 1.54) is 167 Å². The van der Waals surface area contributed by atoms with Gasteiger partial charge in [-0.3, -0.25) is 4.79 Å². The Balaban J connectivity index is 3.28.